The monoisotopic (exact) mass is 360 g/mol. The third kappa shape index (κ3) is 5.46. The predicted molar refractivity (Wildman–Crippen MR) is 107 cm³/mol. The highest BCUT2D eigenvalue weighted by atomic mass is 16.2. The Labute approximate surface area is 160 Å². The number of hydrogen-bond donors (Lipinski definition) is 1. The lowest BCUT2D eigenvalue weighted by molar-refractivity contribution is -0.120. The Kier molecular flexibility index (Phi) is 6.27. The molecule has 2 aromatic rings. The molecular formula is C23H24N2O2. The number of anilines is 1. The molecule has 1 aliphatic heterocycles. The normalized spacial score (nSPS) is 13.7. The van der Waals surface area contributed by atoms with Gasteiger partial charge in [0.1, 0.15) is 0 Å². The molecule has 1 saturated heterocycles. The van der Waals surface area contributed by atoms with Crippen LogP contribution in [0.1, 0.15) is 36.0 Å². The van der Waals surface area contributed by atoms with Crippen molar-refractivity contribution in [3.8, 4) is 11.8 Å². The topological polar surface area (TPSA) is 49.4 Å². The number of hydrogen-bond acceptors (Lipinski definition) is 2. The summed E-state index contributed by atoms with van der Waals surface area (Å²) in [4.78, 5) is 25.8. The summed E-state index contributed by atoms with van der Waals surface area (Å²) >= 11 is 0. The van der Waals surface area contributed by atoms with Gasteiger partial charge in [-0.3, -0.25) is 9.59 Å². The zero-order chi connectivity index (χ0) is 19.1. The molecule has 2 amide bonds. The summed E-state index contributed by atoms with van der Waals surface area (Å²) in [5.41, 5.74) is 3.95. The van der Waals surface area contributed by atoms with E-state index in [4.69, 9.17) is 0 Å². The fourth-order valence-corrected chi connectivity index (χ4v) is 3.16. The second kappa shape index (κ2) is 9.05. The molecule has 1 aliphatic rings. The molecule has 0 aromatic heterocycles. The highest BCUT2D eigenvalue weighted by Gasteiger charge is 2.19. The first-order valence-electron chi connectivity index (χ1n) is 9.33. The largest absolute Gasteiger partial charge is 0.345 e. The summed E-state index contributed by atoms with van der Waals surface area (Å²) in [6.07, 6.45) is 3.02. The summed E-state index contributed by atoms with van der Waals surface area (Å²) in [7, 11) is 0. The number of amides is 2. The molecule has 1 N–H and O–H groups in total. The predicted octanol–water partition coefficient (Wildman–Crippen LogP) is 3.22. The lowest BCUT2D eigenvalue weighted by Crippen LogP contribution is -2.35. The smallest absolute Gasteiger partial charge is 0.226 e. The van der Waals surface area contributed by atoms with E-state index in [9.17, 15) is 9.59 Å². The fourth-order valence-electron chi connectivity index (χ4n) is 3.16. The van der Waals surface area contributed by atoms with Gasteiger partial charge in [0, 0.05) is 24.2 Å². The maximum Gasteiger partial charge on any atom is 0.226 e. The van der Waals surface area contributed by atoms with Crippen molar-refractivity contribution < 1.29 is 9.59 Å². The zero-order valence-electron chi connectivity index (χ0n) is 15.6. The zero-order valence-corrected chi connectivity index (χ0v) is 15.6. The van der Waals surface area contributed by atoms with Crippen molar-refractivity contribution in [2.24, 2.45) is 0 Å². The van der Waals surface area contributed by atoms with Gasteiger partial charge in [-0.1, -0.05) is 41.7 Å². The molecule has 1 heterocycles. The van der Waals surface area contributed by atoms with Gasteiger partial charge in [-0.05, 0) is 49.6 Å². The van der Waals surface area contributed by atoms with Gasteiger partial charge in [0.25, 0.3) is 0 Å². The van der Waals surface area contributed by atoms with Crippen LogP contribution in [-0.2, 0) is 16.0 Å². The Morgan fingerprint density at radius 1 is 1.15 bits per heavy atom. The van der Waals surface area contributed by atoms with Gasteiger partial charge in [-0.15, -0.1) is 0 Å². The number of carbonyl (C=O) groups excluding carboxylic acids is 2. The number of carbonyl (C=O) groups is 2. The molecule has 0 bridgehead atoms. The van der Waals surface area contributed by atoms with Crippen molar-refractivity contribution in [1.29, 1.82) is 0 Å². The summed E-state index contributed by atoms with van der Waals surface area (Å²) in [5.74, 6) is 6.18. The Hall–Kier alpha value is -3.06. The van der Waals surface area contributed by atoms with Crippen molar-refractivity contribution in [2.45, 2.75) is 32.6 Å². The maximum absolute atomic E-state index is 12.0. The first-order chi connectivity index (χ1) is 13.1. The van der Waals surface area contributed by atoms with Gasteiger partial charge < -0.3 is 10.2 Å². The molecule has 0 aliphatic carbocycles. The quantitative estimate of drug-likeness (QED) is 0.851. The minimum absolute atomic E-state index is 0.0335. The van der Waals surface area contributed by atoms with Crippen molar-refractivity contribution in [3.05, 3.63) is 65.2 Å². The Bertz CT molecular complexity index is 875. The van der Waals surface area contributed by atoms with Crippen molar-refractivity contribution in [2.75, 3.05) is 18.0 Å². The second-order valence-corrected chi connectivity index (χ2v) is 6.79. The number of nitrogens with one attached hydrogen (secondary N) is 1. The molecule has 2 aromatic carbocycles. The highest BCUT2D eigenvalue weighted by molar-refractivity contribution is 5.94. The number of nitrogens with zero attached hydrogens (tertiary/aromatic N) is 1. The molecule has 0 radical (unpaired) electrons. The molecule has 0 spiro atoms. The molecule has 0 unspecified atom stereocenters. The van der Waals surface area contributed by atoms with E-state index in [0.29, 0.717) is 19.4 Å². The summed E-state index contributed by atoms with van der Waals surface area (Å²) in [6, 6.07) is 15.6. The van der Waals surface area contributed by atoms with E-state index < -0.39 is 0 Å². The molecule has 4 nitrogen and oxygen atoms in total. The molecule has 1 fully saturated rings. The van der Waals surface area contributed by atoms with Gasteiger partial charge >= 0.3 is 0 Å². The van der Waals surface area contributed by atoms with Crippen LogP contribution in [0.15, 0.2) is 48.5 Å². The minimum Gasteiger partial charge on any atom is -0.345 e. The molecule has 27 heavy (non-hydrogen) atoms. The number of aryl methyl sites for hydroxylation is 1. The average Bonchev–Trinajstić information content (AvgIpc) is 2.66. The summed E-state index contributed by atoms with van der Waals surface area (Å²) in [6.45, 7) is 3.12. The van der Waals surface area contributed by atoms with Crippen LogP contribution in [0.3, 0.4) is 0 Å². The second-order valence-electron chi connectivity index (χ2n) is 6.79. The van der Waals surface area contributed by atoms with Crippen molar-refractivity contribution >= 4 is 17.5 Å². The maximum atomic E-state index is 12.0. The Balaban J connectivity index is 1.49. The number of benzene rings is 2. The lowest BCUT2D eigenvalue weighted by Gasteiger charge is -2.26. The van der Waals surface area contributed by atoms with E-state index >= 15 is 0 Å². The standard InChI is InChI=1S/C23H24N2O2/c1-18-6-4-7-20(16-18)17-22(26)24-14-5-8-19-10-12-21(13-11-19)25-15-3-2-9-23(25)27/h4,6-7,10-13,16H,2-3,9,14-15,17H2,1H3,(H,24,26). The highest BCUT2D eigenvalue weighted by Crippen LogP contribution is 2.20. The number of rotatable bonds is 4. The molecular weight excluding hydrogens is 336 g/mol. The van der Waals surface area contributed by atoms with Crippen LogP contribution in [0.5, 0.6) is 0 Å². The van der Waals surface area contributed by atoms with Crippen LogP contribution in [0, 0.1) is 18.8 Å². The van der Waals surface area contributed by atoms with E-state index in [0.717, 1.165) is 41.8 Å². The van der Waals surface area contributed by atoms with Crippen molar-refractivity contribution in [1.82, 2.24) is 5.32 Å². The lowest BCUT2D eigenvalue weighted by atomic mass is 10.1. The van der Waals surface area contributed by atoms with Gasteiger partial charge in [-0.25, -0.2) is 0 Å². The van der Waals surface area contributed by atoms with Crippen LogP contribution in [0.2, 0.25) is 0 Å². The van der Waals surface area contributed by atoms with Gasteiger partial charge in [0.15, 0.2) is 0 Å². The average molecular weight is 360 g/mol. The number of piperidine rings is 1. The van der Waals surface area contributed by atoms with E-state index in [1.807, 2.05) is 60.4 Å². The van der Waals surface area contributed by atoms with E-state index in [2.05, 4.69) is 17.2 Å². The first kappa shape index (κ1) is 18.7. The van der Waals surface area contributed by atoms with Gasteiger partial charge in [0.2, 0.25) is 11.8 Å². The first-order valence-corrected chi connectivity index (χ1v) is 9.33. The molecule has 0 saturated carbocycles. The molecule has 0 atom stereocenters. The van der Waals surface area contributed by atoms with Crippen LogP contribution in [0.25, 0.3) is 0 Å². The van der Waals surface area contributed by atoms with Crippen LogP contribution >= 0.6 is 0 Å². The summed E-state index contributed by atoms with van der Waals surface area (Å²) < 4.78 is 0. The van der Waals surface area contributed by atoms with E-state index in [-0.39, 0.29) is 11.8 Å². The van der Waals surface area contributed by atoms with E-state index in [1.165, 1.54) is 0 Å². The van der Waals surface area contributed by atoms with Crippen LogP contribution < -0.4 is 10.2 Å². The third-order valence-corrected chi connectivity index (χ3v) is 4.56. The van der Waals surface area contributed by atoms with E-state index in [1.54, 1.807) is 0 Å². The van der Waals surface area contributed by atoms with Gasteiger partial charge in [0.05, 0.1) is 13.0 Å². The molecule has 4 heteroatoms. The summed E-state index contributed by atoms with van der Waals surface area (Å²) in [5, 5.41) is 2.82. The Morgan fingerprint density at radius 3 is 2.70 bits per heavy atom. The SMILES string of the molecule is Cc1cccc(CC(=O)NCC#Cc2ccc(N3CCCCC3=O)cc2)c1. The van der Waals surface area contributed by atoms with Gasteiger partial charge in [-0.2, -0.15) is 0 Å². The van der Waals surface area contributed by atoms with Crippen LogP contribution in [-0.4, -0.2) is 24.9 Å². The van der Waals surface area contributed by atoms with Crippen LogP contribution in [0.4, 0.5) is 5.69 Å². The fraction of sp³-hybridized carbons (Fsp3) is 0.304. The molecule has 3 rings (SSSR count). The third-order valence-electron chi connectivity index (χ3n) is 4.56. The minimum atomic E-state index is -0.0335. The van der Waals surface area contributed by atoms with Crippen molar-refractivity contribution in [3.63, 3.8) is 0 Å². The Morgan fingerprint density at radius 2 is 1.96 bits per heavy atom. The molecule has 138 valence electrons.